The lowest BCUT2D eigenvalue weighted by Crippen LogP contribution is -2.26. The van der Waals surface area contributed by atoms with Gasteiger partial charge in [-0.25, -0.2) is 0 Å². The van der Waals surface area contributed by atoms with Crippen molar-refractivity contribution in [3.05, 3.63) is 161 Å². The third-order valence-electron chi connectivity index (χ3n) is 8.40. The Labute approximate surface area is 244 Å². The number of benzene rings is 4. The first-order valence-electron chi connectivity index (χ1n) is 14.0. The van der Waals surface area contributed by atoms with Crippen molar-refractivity contribution in [3.63, 3.8) is 0 Å². The normalized spacial score (nSPS) is 11.7. The topological polar surface area (TPSA) is 60.7 Å². The molecule has 0 aliphatic rings. The average molecular weight is 545 g/mol. The molecule has 3 heteroatoms. The van der Waals surface area contributed by atoms with Crippen molar-refractivity contribution in [2.45, 2.75) is 50.9 Å². The third kappa shape index (κ3) is 5.71. The molecule has 0 amide bonds. The highest BCUT2D eigenvalue weighted by molar-refractivity contribution is 5.55. The first-order chi connectivity index (χ1) is 19.6. The van der Waals surface area contributed by atoms with E-state index in [1.165, 1.54) is 0 Å². The maximum absolute atomic E-state index is 10.6. The fraction of sp³-hybridized carbons (Fsp3) is 0.211. The van der Waals surface area contributed by atoms with Crippen molar-refractivity contribution in [3.8, 4) is 17.2 Å². The second-order valence-corrected chi connectivity index (χ2v) is 11.3. The van der Waals surface area contributed by atoms with E-state index < -0.39 is 5.41 Å². The van der Waals surface area contributed by atoms with E-state index in [2.05, 4.69) is 70.8 Å². The molecule has 0 fully saturated rings. The summed E-state index contributed by atoms with van der Waals surface area (Å²) in [4.78, 5) is 0. The van der Waals surface area contributed by atoms with Gasteiger partial charge < -0.3 is 15.3 Å². The standard InChI is InChI=1S/C38H40O3/c1-7-10-26-13-14-31(25-36(26)41)37(4,5)29-15-17-30(18-16-29)38(6,32-19-21-34(39)27(23-32)11-8-2)33-20-22-35(40)28(24-33)12-9-3/h7-9,13-25,39-41H,1-3,10-12H2,4-6H3. The van der Waals surface area contributed by atoms with Gasteiger partial charge in [-0.05, 0) is 88.9 Å². The molecule has 3 N–H and O–H groups in total. The Morgan fingerprint density at radius 3 is 1.37 bits per heavy atom. The predicted octanol–water partition coefficient (Wildman–Crippen LogP) is 8.67. The van der Waals surface area contributed by atoms with Crippen molar-refractivity contribution < 1.29 is 15.3 Å². The second kappa shape index (κ2) is 11.9. The zero-order chi connectivity index (χ0) is 29.8. The molecule has 0 aromatic heterocycles. The molecule has 0 saturated carbocycles. The summed E-state index contributed by atoms with van der Waals surface area (Å²) in [7, 11) is 0. The molecule has 0 saturated heterocycles. The van der Waals surface area contributed by atoms with Crippen molar-refractivity contribution in [2.75, 3.05) is 0 Å². The lowest BCUT2D eigenvalue weighted by molar-refractivity contribution is 0.466. The second-order valence-electron chi connectivity index (χ2n) is 11.3. The maximum Gasteiger partial charge on any atom is 0.119 e. The van der Waals surface area contributed by atoms with Gasteiger partial charge in [-0.15, -0.1) is 19.7 Å². The molecule has 0 heterocycles. The van der Waals surface area contributed by atoms with Crippen LogP contribution in [0.5, 0.6) is 17.2 Å². The van der Waals surface area contributed by atoms with E-state index in [1.54, 1.807) is 30.4 Å². The molecule has 0 radical (unpaired) electrons. The Hall–Kier alpha value is -4.50. The molecule has 0 atom stereocenters. The van der Waals surface area contributed by atoms with Crippen molar-refractivity contribution in [1.29, 1.82) is 0 Å². The van der Waals surface area contributed by atoms with Crippen LogP contribution in [0.1, 0.15) is 65.3 Å². The summed E-state index contributed by atoms with van der Waals surface area (Å²) in [5, 5.41) is 31.6. The van der Waals surface area contributed by atoms with E-state index in [4.69, 9.17) is 0 Å². The van der Waals surface area contributed by atoms with E-state index in [-0.39, 0.29) is 22.7 Å². The fourth-order valence-electron chi connectivity index (χ4n) is 5.60. The molecule has 210 valence electrons. The average Bonchev–Trinajstić information content (AvgIpc) is 2.96. The Bertz CT molecular complexity index is 1510. The van der Waals surface area contributed by atoms with Crippen LogP contribution in [0.2, 0.25) is 0 Å². The van der Waals surface area contributed by atoms with Gasteiger partial charge in [0.1, 0.15) is 17.2 Å². The largest absolute Gasteiger partial charge is 0.508 e. The summed E-state index contributed by atoms with van der Waals surface area (Å²) in [6.07, 6.45) is 7.10. The van der Waals surface area contributed by atoms with Crippen molar-refractivity contribution >= 4 is 0 Å². The molecular weight excluding hydrogens is 504 g/mol. The van der Waals surface area contributed by atoms with E-state index in [1.807, 2.05) is 36.4 Å². The molecule has 41 heavy (non-hydrogen) atoms. The van der Waals surface area contributed by atoms with Crippen LogP contribution in [0.15, 0.2) is 117 Å². The van der Waals surface area contributed by atoms with Gasteiger partial charge in [0.2, 0.25) is 0 Å². The summed E-state index contributed by atoms with van der Waals surface area (Å²) >= 11 is 0. The SMILES string of the molecule is C=CCc1ccc(C(C)(C)c2ccc(C(C)(c3ccc(O)c(CC=C)c3)c3ccc(O)c(CC=C)c3)cc2)cc1O. The van der Waals surface area contributed by atoms with E-state index in [0.717, 1.165) is 44.5 Å². The van der Waals surface area contributed by atoms with E-state index in [9.17, 15) is 15.3 Å². The van der Waals surface area contributed by atoms with Gasteiger partial charge in [-0.2, -0.15) is 0 Å². The highest BCUT2D eigenvalue weighted by Gasteiger charge is 2.33. The summed E-state index contributed by atoms with van der Waals surface area (Å²) < 4.78 is 0. The Balaban J connectivity index is 1.85. The number of rotatable bonds is 11. The zero-order valence-corrected chi connectivity index (χ0v) is 24.3. The minimum Gasteiger partial charge on any atom is -0.508 e. The number of phenolic OH excluding ortho intramolecular Hbond substituents is 3. The lowest BCUT2D eigenvalue weighted by Gasteiger charge is -2.34. The predicted molar refractivity (Wildman–Crippen MR) is 170 cm³/mol. The molecule has 3 nitrogen and oxygen atoms in total. The van der Waals surface area contributed by atoms with Crippen LogP contribution in [0.3, 0.4) is 0 Å². The molecule has 4 aromatic carbocycles. The van der Waals surface area contributed by atoms with Gasteiger partial charge in [0.25, 0.3) is 0 Å². The highest BCUT2D eigenvalue weighted by Crippen LogP contribution is 2.43. The minimum atomic E-state index is -0.583. The van der Waals surface area contributed by atoms with Crippen LogP contribution in [-0.4, -0.2) is 15.3 Å². The number of hydrogen-bond acceptors (Lipinski definition) is 3. The van der Waals surface area contributed by atoms with Crippen LogP contribution in [0, 0.1) is 0 Å². The van der Waals surface area contributed by atoms with Gasteiger partial charge in [0.05, 0.1) is 0 Å². The van der Waals surface area contributed by atoms with Crippen molar-refractivity contribution in [2.24, 2.45) is 0 Å². The highest BCUT2D eigenvalue weighted by atomic mass is 16.3. The van der Waals surface area contributed by atoms with Crippen LogP contribution < -0.4 is 0 Å². The molecule has 4 rings (SSSR count). The molecule has 0 spiro atoms. The summed E-state index contributed by atoms with van der Waals surface area (Å²) in [6, 6.07) is 26.0. The Morgan fingerprint density at radius 2 is 0.902 bits per heavy atom. The minimum absolute atomic E-state index is 0.244. The summed E-state index contributed by atoms with van der Waals surface area (Å²) in [5.74, 6) is 0.770. The number of allylic oxidation sites excluding steroid dienone is 3. The lowest BCUT2D eigenvalue weighted by atomic mass is 9.69. The summed E-state index contributed by atoms with van der Waals surface area (Å²) in [6.45, 7) is 18.0. The van der Waals surface area contributed by atoms with Crippen LogP contribution in [-0.2, 0) is 30.1 Å². The van der Waals surface area contributed by atoms with Gasteiger partial charge in [0, 0.05) is 10.8 Å². The zero-order valence-electron chi connectivity index (χ0n) is 24.3. The Morgan fingerprint density at radius 1 is 0.488 bits per heavy atom. The van der Waals surface area contributed by atoms with Crippen LogP contribution in [0.4, 0.5) is 0 Å². The molecule has 0 bridgehead atoms. The summed E-state index contributed by atoms with van der Waals surface area (Å²) in [5.41, 5.74) is 6.83. The van der Waals surface area contributed by atoms with Gasteiger partial charge in [-0.1, -0.05) is 92.7 Å². The quantitative estimate of drug-likeness (QED) is 0.131. The number of hydrogen-bond donors (Lipinski definition) is 3. The fourth-order valence-corrected chi connectivity index (χ4v) is 5.60. The molecule has 0 aliphatic heterocycles. The smallest absolute Gasteiger partial charge is 0.119 e. The number of aromatic hydroxyl groups is 3. The number of phenols is 3. The molecule has 4 aromatic rings. The van der Waals surface area contributed by atoms with Crippen LogP contribution >= 0.6 is 0 Å². The van der Waals surface area contributed by atoms with E-state index >= 15 is 0 Å². The van der Waals surface area contributed by atoms with Crippen LogP contribution in [0.25, 0.3) is 0 Å². The maximum atomic E-state index is 10.6. The van der Waals surface area contributed by atoms with Gasteiger partial charge in [0.15, 0.2) is 0 Å². The molecule has 0 aliphatic carbocycles. The van der Waals surface area contributed by atoms with Gasteiger partial charge in [-0.3, -0.25) is 0 Å². The monoisotopic (exact) mass is 544 g/mol. The third-order valence-corrected chi connectivity index (χ3v) is 8.40. The molecular formula is C38H40O3. The van der Waals surface area contributed by atoms with Gasteiger partial charge >= 0.3 is 0 Å². The Kier molecular flexibility index (Phi) is 8.58. The first kappa shape index (κ1) is 29.5. The van der Waals surface area contributed by atoms with Crippen molar-refractivity contribution in [1.82, 2.24) is 0 Å². The van der Waals surface area contributed by atoms with E-state index in [0.29, 0.717) is 19.3 Å². The molecule has 0 unspecified atom stereocenters. The first-order valence-corrected chi connectivity index (χ1v) is 14.0.